The van der Waals surface area contributed by atoms with Gasteiger partial charge in [0, 0.05) is 37.7 Å². The molecular weight excluding hydrogens is 332 g/mol. The van der Waals surface area contributed by atoms with Crippen LogP contribution >= 0.6 is 11.6 Å². The summed E-state index contributed by atoms with van der Waals surface area (Å²) in [6.45, 7) is 5.79. The molecule has 0 unspecified atom stereocenters. The van der Waals surface area contributed by atoms with Crippen LogP contribution in [0, 0.1) is 0 Å². The molecule has 0 N–H and O–H groups in total. The van der Waals surface area contributed by atoms with Gasteiger partial charge in [-0.15, -0.1) is 0 Å². The molecule has 24 heavy (non-hydrogen) atoms. The van der Waals surface area contributed by atoms with Gasteiger partial charge in [-0.05, 0) is 17.7 Å². The summed E-state index contributed by atoms with van der Waals surface area (Å²) in [7, 11) is 0. The third-order valence-corrected chi connectivity index (χ3v) is 4.55. The zero-order chi connectivity index (χ0) is 16.8. The van der Waals surface area contributed by atoms with E-state index in [1.807, 2.05) is 24.3 Å². The lowest BCUT2D eigenvalue weighted by molar-refractivity contribution is -0.0363. The van der Waals surface area contributed by atoms with Crippen LogP contribution in [-0.2, 0) is 14.2 Å². The van der Waals surface area contributed by atoms with E-state index in [9.17, 15) is 4.79 Å². The summed E-state index contributed by atoms with van der Waals surface area (Å²) in [5.41, 5.74) is 1.12. The molecule has 132 valence electrons. The number of benzene rings is 1. The van der Waals surface area contributed by atoms with Gasteiger partial charge in [-0.3, -0.25) is 4.90 Å². The number of carbonyl (C=O) groups is 1. The molecule has 0 spiro atoms. The van der Waals surface area contributed by atoms with Crippen molar-refractivity contribution >= 4 is 17.7 Å². The molecule has 7 heteroatoms. The maximum absolute atomic E-state index is 11.9. The zero-order valence-corrected chi connectivity index (χ0v) is 14.4. The van der Waals surface area contributed by atoms with Crippen LogP contribution in [0.2, 0.25) is 5.02 Å². The molecule has 1 atom stereocenters. The van der Waals surface area contributed by atoms with Crippen LogP contribution in [0.15, 0.2) is 24.3 Å². The first-order chi connectivity index (χ1) is 11.7. The van der Waals surface area contributed by atoms with E-state index in [1.165, 1.54) is 0 Å². The second kappa shape index (κ2) is 8.67. The highest BCUT2D eigenvalue weighted by Gasteiger charge is 2.23. The second-order valence-corrected chi connectivity index (χ2v) is 6.36. The Morgan fingerprint density at radius 1 is 1.17 bits per heavy atom. The van der Waals surface area contributed by atoms with Crippen LogP contribution in [0.3, 0.4) is 0 Å². The number of hydrogen-bond acceptors (Lipinski definition) is 5. The average Bonchev–Trinajstić information content (AvgIpc) is 2.63. The summed E-state index contributed by atoms with van der Waals surface area (Å²) in [4.78, 5) is 15.9. The Hall–Kier alpha value is -1.34. The second-order valence-electron chi connectivity index (χ2n) is 5.93. The van der Waals surface area contributed by atoms with Crippen LogP contribution in [0.5, 0.6) is 0 Å². The van der Waals surface area contributed by atoms with Crippen molar-refractivity contribution < 1.29 is 19.0 Å². The van der Waals surface area contributed by atoms with E-state index in [-0.39, 0.29) is 12.2 Å². The van der Waals surface area contributed by atoms with Crippen molar-refractivity contribution in [2.24, 2.45) is 0 Å². The summed E-state index contributed by atoms with van der Waals surface area (Å²) in [6, 6.07) is 7.75. The number of nitrogens with zero attached hydrogens (tertiary/aromatic N) is 2. The third-order valence-electron chi connectivity index (χ3n) is 4.29. The molecule has 2 heterocycles. The standard InChI is InChI=1S/C17H23ClN2O4/c18-15-3-1-14(2-4-15)16-13-19(5-11-23-16)6-12-24-17(21)20-7-9-22-10-8-20/h1-4,16H,5-13H2/t16-/m0/s1. The monoisotopic (exact) mass is 354 g/mol. The molecule has 0 saturated carbocycles. The van der Waals surface area contributed by atoms with Crippen LogP contribution in [0.25, 0.3) is 0 Å². The van der Waals surface area contributed by atoms with Crippen LogP contribution in [0.4, 0.5) is 4.79 Å². The normalized spacial score (nSPS) is 22.4. The fraction of sp³-hybridized carbons (Fsp3) is 0.588. The number of rotatable bonds is 4. The van der Waals surface area contributed by atoms with Gasteiger partial charge in [-0.1, -0.05) is 23.7 Å². The first kappa shape index (κ1) is 17.5. The first-order valence-corrected chi connectivity index (χ1v) is 8.69. The maximum atomic E-state index is 11.9. The smallest absolute Gasteiger partial charge is 0.409 e. The Balaban J connectivity index is 1.42. The lowest BCUT2D eigenvalue weighted by Gasteiger charge is -2.33. The molecule has 2 aliphatic rings. The van der Waals surface area contributed by atoms with E-state index in [4.69, 9.17) is 25.8 Å². The van der Waals surface area contributed by atoms with E-state index in [2.05, 4.69) is 4.90 Å². The molecule has 2 fully saturated rings. The topological polar surface area (TPSA) is 51.2 Å². The van der Waals surface area contributed by atoms with Gasteiger partial charge in [0.05, 0.1) is 25.9 Å². The van der Waals surface area contributed by atoms with Crippen molar-refractivity contribution in [2.45, 2.75) is 6.10 Å². The predicted molar refractivity (Wildman–Crippen MR) is 90.3 cm³/mol. The third kappa shape index (κ3) is 4.83. The summed E-state index contributed by atoms with van der Waals surface area (Å²) >= 11 is 5.93. The van der Waals surface area contributed by atoms with E-state index in [0.29, 0.717) is 46.1 Å². The van der Waals surface area contributed by atoms with E-state index < -0.39 is 0 Å². The van der Waals surface area contributed by atoms with Gasteiger partial charge in [0.25, 0.3) is 0 Å². The fourth-order valence-electron chi connectivity index (χ4n) is 2.88. The van der Waals surface area contributed by atoms with Crippen molar-refractivity contribution in [3.8, 4) is 0 Å². The van der Waals surface area contributed by atoms with Gasteiger partial charge < -0.3 is 19.1 Å². The Bertz CT molecular complexity index is 534. The number of carbonyl (C=O) groups excluding carboxylic acids is 1. The van der Waals surface area contributed by atoms with Crippen LogP contribution < -0.4 is 0 Å². The minimum absolute atomic E-state index is 0.0333. The van der Waals surface area contributed by atoms with Crippen molar-refractivity contribution in [3.63, 3.8) is 0 Å². The molecule has 2 saturated heterocycles. The summed E-state index contributed by atoms with van der Waals surface area (Å²) in [5, 5.41) is 0.724. The molecule has 3 rings (SSSR count). The zero-order valence-electron chi connectivity index (χ0n) is 13.7. The van der Waals surface area contributed by atoms with Gasteiger partial charge in [0.2, 0.25) is 0 Å². The summed E-state index contributed by atoms with van der Waals surface area (Å²) in [6.07, 6.45) is -0.216. The van der Waals surface area contributed by atoms with Crippen LogP contribution in [-0.4, -0.2) is 75.0 Å². The molecule has 1 aromatic carbocycles. The lowest BCUT2D eigenvalue weighted by atomic mass is 10.1. The highest BCUT2D eigenvalue weighted by molar-refractivity contribution is 6.30. The van der Waals surface area contributed by atoms with Crippen LogP contribution in [0.1, 0.15) is 11.7 Å². The molecule has 0 aromatic heterocycles. The SMILES string of the molecule is O=C(OCCN1CCO[C@H](c2ccc(Cl)cc2)C1)N1CCOCC1. The quantitative estimate of drug-likeness (QED) is 0.829. The minimum Gasteiger partial charge on any atom is -0.448 e. The molecule has 0 aliphatic carbocycles. The van der Waals surface area contributed by atoms with Crippen molar-refractivity contribution in [1.29, 1.82) is 0 Å². The maximum Gasteiger partial charge on any atom is 0.409 e. The van der Waals surface area contributed by atoms with Crippen molar-refractivity contribution in [1.82, 2.24) is 9.80 Å². The van der Waals surface area contributed by atoms with Crippen molar-refractivity contribution in [2.75, 3.05) is 59.2 Å². The van der Waals surface area contributed by atoms with Gasteiger partial charge >= 0.3 is 6.09 Å². The molecule has 0 bridgehead atoms. The molecule has 2 aliphatic heterocycles. The van der Waals surface area contributed by atoms with E-state index >= 15 is 0 Å². The largest absolute Gasteiger partial charge is 0.448 e. The Morgan fingerprint density at radius 3 is 2.67 bits per heavy atom. The van der Waals surface area contributed by atoms with Gasteiger partial charge in [0.15, 0.2) is 0 Å². The average molecular weight is 355 g/mol. The first-order valence-electron chi connectivity index (χ1n) is 8.31. The number of morpholine rings is 2. The highest BCUT2D eigenvalue weighted by Crippen LogP contribution is 2.23. The lowest BCUT2D eigenvalue weighted by Crippen LogP contribution is -2.43. The molecule has 6 nitrogen and oxygen atoms in total. The Morgan fingerprint density at radius 2 is 1.92 bits per heavy atom. The Labute approximate surface area is 147 Å². The number of amides is 1. The number of halogens is 1. The van der Waals surface area contributed by atoms with E-state index in [0.717, 1.165) is 23.7 Å². The summed E-state index contributed by atoms with van der Waals surface area (Å²) in [5.74, 6) is 0. The Kier molecular flexibility index (Phi) is 6.31. The van der Waals surface area contributed by atoms with E-state index in [1.54, 1.807) is 4.90 Å². The molecule has 1 amide bonds. The van der Waals surface area contributed by atoms with Gasteiger partial charge in [-0.2, -0.15) is 0 Å². The fourth-order valence-corrected chi connectivity index (χ4v) is 3.01. The minimum atomic E-state index is -0.249. The van der Waals surface area contributed by atoms with Crippen molar-refractivity contribution in [3.05, 3.63) is 34.9 Å². The number of hydrogen-bond donors (Lipinski definition) is 0. The molecule has 0 radical (unpaired) electrons. The number of ether oxygens (including phenoxy) is 3. The predicted octanol–water partition coefficient (Wildman–Crippen LogP) is 2.18. The molecular formula is C17H23ClN2O4. The van der Waals surface area contributed by atoms with Gasteiger partial charge in [0.1, 0.15) is 6.61 Å². The van der Waals surface area contributed by atoms with Gasteiger partial charge in [-0.25, -0.2) is 4.79 Å². The highest BCUT2D eigenvalue weighted by atomic mass is 35.5. The summed E-state index contributed by atoms with van der Waals surface area (Å²) < 4.78 is 16.4. The molecule has 1 aromatic rings.